The number of anilines is 1. The first kappa shape index (κ1) is 20.8. The monoisotopic (exact) mass is 387 g/mol. The van der Waals surface area contributed by atoms with Crippen molar-refractivity contribution in [1.29, 1.82) is 0 Å². The number of fused-ring (bicyclic) bond motifs is 1. The standard InChI is InChI=1S/C22H33N3O3/c1-4-12-23-22(27)20-14-25(18-10-5-6-11-19(18)28-20)15-21(26)24(3)17-9-7-8-16(2)13-17/h7-9,13,18-20H,4-6,10-12,14-15H2,1-3H3,(H,23,27). The highest BCUT2D eigenvalue weighted by Crippen LogP contribution is 2.30. The molecule has 2 fully saturated rings. The highest BCUT2D eigenvalue weighted by Gasteiger charge is 2.41. The average molecular weight is 388 g/mol. The third-order valence-electron chi connectivity index (χ3n) is 5.82. The van der Waals surface area contributed by atoms with Crippen molar-refractivity contribution in [3.05, 3.63) is 29.8 Å². The molecule has 6 heteroatoms. The first-order valence-corrected chi connectivity index (χ1v) is 10.5. The summed E-state index contributed by atoms with van der Waals surface area (Å²) in [6.07, 6.45) is 4.69. The molecule has 1 aromatic rings. The molecule has 1 saturated carbocycles. The van der Waals surface area contributed by atoms with E-state index in [2.05, 4.69) is 10.2 Å². The molecular weight excluding hydrogens is 354 g/mol. The van der Waals surface area contributed by atoms with Gasteiger partial charge < -0.3 is 15.0 Å². The lowest BCUT2D eigenvalue weighted by Crippen LogP contribution is -2.61. The van der Waals surface area contributed by atoms with Crippen LogP contribution >= 0.6 is 0 Å². The van der Waals surface area contributed by atoms with Gasteiger partial charge in [0.1, 0.15) is 6.10 Å². The number of nitrogens with zero attached hydrogens (tertiary/aromatic N) is 2. The fourth-order valence-corrected chi connectivity index (χ4v) is 4.21. The second-order valence-electron chi connectivity index (χ2n) is 8.03. The summed E-state index contributed by atoms with van der Waals surface area (Å²) >= 11 is 0. The number of carbonyl (C=O) groups is 2. The minimum absolute atomic E-state index is 0.0388. The fraction of sp³-hybridized carbons (Fsp3) is 0.636. The molecule has 2 aliphatic rings. The maximum atomic E-state index is 13.0. The van der Waals surface area contributed by atoms with Crippen LogP contribution in [0.2, 0.25) is 0 Å². The van der Waals surface area contributed by atoms with Gasteiger partial charge in [0.25, 0.3) is 0 Å². The molecule has 6 nitrogen and oxygen atoms in total. The van der Waals surface area contributed by atoms with E-state index in [0.717, 1.165) is 43.4 Å². The number of amides is 2. The molecule has 3 atom stereocenters. The fourth-order valence-electron chi connectivity index (χ4n) is 4.21. The van der Waals surface area contributed by atoms with Crippen LogP contribution in [0.4, 0.5) is 5.69 Å². The van der Waals surface area contributed by atoms with Gasteiger partial charge in [-0.25, -0.2) is 0 Å². The summed E-state index contributed by atoms with van der Waals surface area (Å²) in [5, 5.41) is 2.94. The lowest BCUT2D eigenvalue weighted by atomic mass is 9.89. The number of likely N-dealkylation sites (N-methyl/N-ethyl adjacent to an activating group) is 1. The number of hydrogen-bond donors (Lipinski definition) is 1. The molecule has 1 heterocycles. The third-order valence-corrected chi connectivity index (χ3v) is 5.82. The van der Waals surface area contributed by atoms with Gasteiger partial charge in [-0.1, -0.05) is 31.9 Å². The summed E-state index contributed by atoms with van der Waals surface area (Å²) in [6.45, 7) is 5.50. The van der Waals surface area contributed by atoms with Gasteiger partial charge in [-0.15, -0.1) is 0 Å². The summed E-state index contributed by atoms with van der Waals surface area (Å²) in [7, 11) is 1.82. The highest BCUT2D eigenvalue weighted by atomic mass is 16.5. The first-order valence-electron chi connectivity index (χ1n) is 10.5. The van der Waals surface area contributed by atoms with Gasteiger partial charge in [0.2, 0.25) is 11.8 Å². The zero-order valence-electron chi connectivity index (χ0n) is 17.3. The predicted molar refractivity (Wildman–Crippen MR) is 110 cm³/mol. The first-order chi connectivity index (χ1) is 13.5. The Balaban J connectivity index is 1.69. The summed E-state index contributed by atoms with van der Waals surface area (Å²) in [5.74, 6) is -0.0140. The summed E-state index contributed by atoms with van der Waals surface area (Å²) < 4.78 is 6.14. The predicted octanol–water partition coefficient (Wildman–Crippen LogP) is 2.50. The van der Waals surface area contributed by atoms with Gasteiger partial charge in [-0.05, 0) is 43.9 Å². The van der Waals surface area contributed by atoms with Crippen LogP contribution in [0.3, 0.4) is 0 Å². The molecule has 1 aliphatic heterocycles. The lowest BCUT2D eigenvalue weighted by Gasteiger charge is -2.46. The average Bonchev–Trinajstić information content (AvgIpc) is 2.71. The zero-order chi connectivity index (χ0) is 20.1. The molecule has 1 N–H and O–H groups in total. The van der Waals surface area contributed by atoms with Crippen LogP contribution in [0.25, 0.3) is 0 Å². The van der Waals surface area contributed by atoms with Crippen LogP contribution in [0.15, 0.2) is 24.3 Å². The molecule has 1 saturated heterocycles. The van der Waals surface area contributed by atoms with Gasteiger partial charge in [0.15, 0.2) is 0 Å². The molecule has 3 rings (SSSR count). The molecule has 2 amide bonds. The van der Waals surface area contributed by atoms with E-state index in [-0.39, 0.29) is 24.0 Å². The van der Waals surface area contributed by atoms with E-state index in [1.54, 1.807) is 4.90 Å². The maximum Gasteiger partial charge on any atom is 0.250 e. The number of morpholine rings is 1. The molecule has 0 aromatic heterocycles. The summed E-state index contributed by atoms with van der Waals surface area (Å²) in [4.78, 5) is 29.4. The van der Waals surface area contributed by atoms with E-state index in [4.69, 9.17) is 4.74 Å². The molecule has 0 radical (unpaired) electrons. The van der Waals surface area contributed by atoms with Crippen molar-refractivity contribution in [3.8, 4) is 0 Å². The third kappa shape index (κ3) is 4.92. The lowest BCUT2D eigenvalue weighted by molar-refractivity contribution is -0.162. The minimum atomic E-state index is -0.497. The minimum Gasteiger partial charge on any atom is -0.362 e. The Bertz CT molecular complexity index is 693. The van der Waals surface area contributed by atoms with Crippen molar-refractivity contribution in [2.75, 3.05) is 31.6 Å². The number of aryl methyl sites for hydroxylation is 1. The SMILES string of the molecule is CCCNC(=O)C1CN(CC(=O)N(C)c2cccc(C)c2)C2CCCCC2O1. The maximum absolute atomic E-state index is 13.0. The van der Waals surface area contributed by atoms with Crippen molar-refractivity contribution in [2.45, 2.75) is 64.2 Å². The van der Waals surface area contributed by atoms with Crippen LogP contribution < -0.4 is 10.2 Å². The molecule has 3 unspecified atom stereocenters. The van der Waals surface area contributed by atoms with E-state index in [9.17, 15) is 9.59 Å². The van der Waals surface area contributed by atoms with Crippen molar-refractivity contribution in [1.82, 2.24) is 10.2 Å². The number of rotatable bonds is 6. The molecule has 0 spiro atoms. The molecular formula is C22H33N3O3. The largest absolute Gasteiger partial charge is 0.362 e. The van der Waals surface area contributed by atoms with E-state index in [1.165, 1.54) is 0 Å². The number of ether oxygens (including phenoxy) is 1. The van der Waals surface area contributed by atoms with Gasteiger partial charge >= 0.3 is 0 Å². The van der Waals surface area contributed by atoms with E-state index in [1.807, 2.05) is 45.2 Å². The smallest absolute Gasteiger partial charge is 0.250 e. The molecule has 28 heavy (non-hydrogen) atoms. The van der Waals surface area contributed by atoms with Crippen molar-refractivity contribution in [3.63, 3.8) is 0 Å². The van der Waals surface area contributed by atoms with E-state index >= 15 is 0 Å². The molecule has 154 valence electrons. The van der Waals surface area contributed by atoms with Gasteiger partial charge in [0, 0.05) is 31.9 Å². The molecule has 0 bridgehead atoms. The summed E-state index contributed by atoms with van der Waals surface area (Å²) in [5.41, 5.74) is 2.03. The number of hydrogen-bond acceptors (Lipinski definition) is 4. The second kappa shape index (κ2) is 9.52. The Morgan fingerprint density at radius 1 is 1.29 bits per heavy atom. The van der Waals surface area contributed by atoms with E-state index in [0.29, 0.717) is 19.6 Å². The molecule has 1 aromatic carbocycles. The molecule has 1 aliphatic carbocycles. The Morgan fingerprint density at radius 3 is 2.82 bits per heavy atom. The van der Waals surface area contributed by atoms with Gasteiger partial charge in [-0.2, -0.15) is 0 Å². The number of carbonyl (C=O) groups excluding carboxylic acids is 2. The quantitative estimate of drug-likeness (QED) is 0.815. The number of nitrogens with one attached hydrogen (secondary N) is 1. The topological polar surface area (TPSA) is 61.9 Å². The Kier molecular flexibility index (Phi) is 7.08. The van der Waals surface area contributed by atoms with E-state index < -0.39 is 6.10 Å². The van der Waals surface area contributed by atoms with Crippen LogP contribution in [0, 0.1) is 6.92 Å². The second-order valence-corrected chi connectivity index (χ2v) is 8.03. The van der Waals surface area contributed by atoms with Crippen LogP contribution in [0.5, 0.6) is 0 Å². The van der Waals surface area contributed by atoms with Crippen molar-refractivity contribution < 1.29 is 14.3 Å². The van der Waals surface area contributed by atoms with Crippen LogP contribution in [0.1, 0.15) is 44.6 Å². The van der Waals surface area contributed by atoms with Crippen molar-refractivity contribution >= 4 is 17.5 Å². The summed E-state index contributed by atoms with van der Waals surface area (Å²) in [6, 6.07) is 8.18. The normalized spacial score (nSPS) is 25.0. The van der Waals surface area contributed by atoms with Gasteiger partial charge in [0.05, 0.1) is 12.6 Å². The Hall–Kier alpha value is -1.92. The van der Waals surface area contributed by atoms with Gasteiger partial charge in [-0.3, -0.25) is 14.5 Å². The van der Waals surface area contributed by atoms with Crippen LogP contribution in [-0.2, 0) is 14.3 Å². The highest BCUT2D eigenvalue weighted by molar-refractivity contribution is 5.94. The Labute approximate surface area is 168 Å². The zero-order valence-corrected chi connectivity index (χ0v) is 17.3. The Morgan fingerprint density at radius 2 is 2.07 bits per heavy atom. The van der Waals surface area contributed by atoms with Crippen molar-refractivity contribution in [2.24, 2.45) is 0 Å². The van der Waals surface area contributed by atoms with Crippen LogP contribution in [-0.4, -0.2) is 61.6 Å². The number of benzene rings is 1.